The molecular weight excluding hydrogens is 377 g/mol. The van der Waals surface area contributed by atoms with Gasteiger partial charge in [0.15, 0.2) is 0 Å². The van der Waals surface area contributed by atoms with Crippen LogP contribution in [0.15, 0.2) is 48.5 Å². The highest BCUT2D eigenvalue weighted by Gasteiger charge is 2.18. The monoisotopic (exact) mass is 401 g/mol. The fourth-order valence-corrected chi connectivity index (χ4v) is 2.90. The van der Waals surface area contributed by atoms with E-state index in [9.17, 15) is 18.8 Å². The Hall–Kier alpha value is -3.22. The number of hydrogen-bond donors (Lipinski definition) is 2. The second-order valence-corrected chi connectivity index (χ2v) is 6.58. The number of rotatable bonds is 10. The first-order valence-corrected chi connectivity index (χ1v) is 9.39. The van der Waals surface area contributed by atoms with Gasteiger partial charge in [0.05, 0.1) is 19.4 Å². The molecule has 6 nitrogen and oxygen atoms in total. The third kappa shape index (κ3) is 7.73. The maximum absolute atomic E-state index is 13.4. The number of carboxylic acid groups (broad SMARTS) is 1. The Labute approximate surface area is 168 Å². The van der Waals surface area contributed by atoms with E-state index in [-0.39, 0.29) is 31.7 Å². The summed E-state index contributed by atoms with van der Waals surface area (Å²) in [4.78, 5) is 34.5. The fraction of sp³-hybridized carbons (Fsp3) is 0.318. The Morgan fingerprint density at radius 1 is 1.07 bits per heavy atom. The number of esters is 1. The number of aliphatic carboxylic acids is 1. The lowest BCUT2D eigenvalue weighted by Gasteiger charge is -2.18. The second kappa shape index (κ2) is 10.9. The van der Waals surface area contributed by atoms with Gasteiger partial charge in [-0.1, -0.05) is 36.4 Å². The molecule has 0 saturated carbocycles. The van der Waals surface area contributed by atoms with Crippen molar-refractivity contribution in [3.05, 3.63) is 59.9 Å². The van der Waals surface area contributed by atoms with Crippen LogP contribution in [-0.2, 0) is 25.5 Å². The van der Waals surface area contributed by atoms with Gasteiger partial charge in [0.25, 0.3) is 0 Å². The third-order valence-corrected chi connectivity index (χ3v) is 4.24. The Balaban J connectivity index is 2.07. The number of hydrogen-bond acceptors (Lipinski definition) is 4. The molecule has 154 valence electrons. The summed E-state index contributed by atoms with van der Waals surface area (Å²) in [5.74, 6) is -2.24. The molecule has 0 fully saturated rings. The van der Waals surface area contributed by atoms with E-state index in [2.05, 4.69) is 5.32 Å². The smallest absolute Gasteiger partial charge is 0.307 e. The average molecular weight is 401 g/mol. The molecule has 0 aliphatic heterocycles. The van der Waals surface area contributed by atoms with E-state index >= 15 is 0 Å². The van der Waals surface area contributed by atoms with Gasteiger partial charge in [0.2, 0.25) is 5.91 Å². The zero-order valence-corrected chi connectivity index (χ0v) is 16.2. The number of nitrogens with one attached hydrogen (secondary N) is 1. The van der Waals surface area contributed by atoms with E-state index < -0.39 is 23.9 Å². The van der Waals surface area contributed by atoms with Crippen LogP contribution in [0, 0.1) is 5.82 Å². The largest absolute Gasteiger partial charge is 0.481 e. The lowest BCUT2D eigenvalue weighted by molar-refractivity contribution is -0.144. The molecule has 0 spiro atoms. The number of carboxylic acids is 1. The first-order chi connectivity index (χ1) is 13.9. The molecule has 0 aliphatic rings. The van der Waals surface area contributed by atoms with E-state index in [4.69, 9.17) is 9.84 Å². The molecule has 1 atom stereocenters. The number of carbonyl (C=O) groups excluding carboxylic acids is 2. The van der Waals surface area contributed by atoms with Crippen LogP contribution in [0.1, 0.15) is 31.7 Å². The predicted molar refractivity (Wildman–Crippen MR) is 106 cm³/mol. The molecule has 1 amide bonds. The molecule has 0 heterocycles. The molecule has 29 heavy (non-hydrogen) atoms. The van der Waals surface area contributed by atoms with Gasteiger partial charge in [-0.3, -0.25) is 14.4 Å². The number of carbonyl (C=O) groups is 3. The molecule has 0 aliphatic carbocycles. The molecule has 0 saturated heterocycles. The summed E-state index contributed by atoms with van der Waals surface area (Å²) in [6.45, 7) is 1.93. The molecule has 2 aromatic rings. The van der Waals surface area contributed by atoms with E-state index in [1.54, 1.807) is 13.0 Å². The number of amides is 1. The first kappa shape index (κ1) is 22.1. The Morgan fingerprint density at radius 3 is 2.41 bits per heavy atom. The minimum Gasteiger partial charge on any atom is -0.481 e. The van der Waals surface area contributed by atoms with Crippen molar-refractivity contribution in [3.63, 3.8) is 0 Å². The van der Waals surface area contributed by atoms with Crippen LogP contribution in [0.25, 0.3) is 11.1 Å². The van der Waals surface area contributed by atoms with Gasteiger partial charge in [-0.2, -0.15) is 0 Å². The minimum atomic E-state index is -1.06. The summed E-state index contributed by atoms with van der Waals surface area (Å²) in [6, 6.07) is 13.1. The summed E-state index contributed by atoms with van der Waals surface area (Å²) in [6.07, 6.45) is -0.0766. The van der Waals surface area contributed by atoms with E-state index in [0.29, 0.717) is 6.42 Å². The first-order valence-electron chi connectivity index (χ1n) is 9.39. The Morgan fingerprint density at radius 2 is 1.79 bits per heavy atom. The summed E-state index contributed by atoms with van der Waals surface area (Å²) < 4.78 is 18.4. The summed E-state index contributed by atoms with van der Waals surface area (Å²) in [5.41, 5.74) is 2.47. The Bertz CT molecular complexity index is 851. The van der Waals surface area contributed by atoms with Gasteiger partial charge < -0.3 is 15.2 Å². The average Bonchev–Trinajstić information content (AvgIpc) is 2.67. The van der Waals surface area contributed by atoms with Crippen molar-refractivity contribution in [1.29, 1.82) is 0 Å². The fourth-order valence-electron chi connectivity index (χ4n) is 2.90. The van der Waals surface area contributed by atoms with Crippen molar-refractivity contribution in [2.45, 2.75) is 38.6 Å². The van der Waals surface area contributed by atoms with Crippen LogP contribution < -0.4 is 5.32 Å². The predicted octanol–water partition coefficient (Wildman–Crippen LogP) is 3.34. The molecule has 0 bridgehead atoms. The highest BCUT2D eigenvalue weighted by Crippen LogP contribution is 2.21. The quantitative estimate of drug-likeness (QED) is 0.596. The number of ether oxygens (including phenoxy) is 1. The highest BCUT2D eigenvalue weighted by molar-refractivity contribution is 5.81. The normalized spacial score (nSPS) is 11.5. The molecular formula is C22H24FNO5. The number of benzene rings is 2. The van der Waals surface area contributed by atoms with Crippen molar-refractivity contribution in [1.82, 2.24) is 5.32 Å². The van der Waals surface area contributed by atoms with Crippen molar-refractivity contribution in [3.8, 4) is 11.1 Å². The lowest BCUT2D eigenvalue weighted by Crippen LogP contribution is -2.38. The van der Waals surface area contributed by atoms with Crippen molar-refractivity contribution < 1.29 is 28.6 Å². The van der Waals surface area contributed by atoms with Crippen LogP contribution in [0.3, 0.4) is 0 Å². The Kier molecular flexibility index (Phi) is 8.33. The topological polar surface area (TPSA) is 92.7 Å². The lowest BCUT2D eigenvalue weighted by atomic mass is 9.99. The van der Waals surface area contributed by atoms with E-state index in [0.717, 1.165) is 16.7 Å². The standard InChI is InChI=1S/C22H24FNO5/c1-2-29-22(28)14-19(24-20(25)10-11-21(26)27)12-15-6-8-16(9-7-15)17-4-3-5-18(23)13-17/h3-9,13,19H,2,10-12,14H2,1H3,(H,24,25)(H,26,27). The molecule has 7 heteroatoms. The van der Waals surface area contributed by atoms with Crippen LogP contribution in [0.2, 0.25) is 0 Å². The van der Waals surface area contributed by atoms with Crippen molar-refractivity contribution in [2.24, 2.45) is 0 Å². The van der Waals surface area contributed by atoms with Gasteiger partial charge in [0.1, 0.15) is 5.82 Å². The summed E-state index contributed by atoms with van der Waals surface area (Å²) in [5, 5.41) is 11.4. The van der Waals surface area contributed by atoms with Crippen LogP contribution in [0.5, 0.6) is 0 Å². The van der Waals surface area contributed by atoms with Gasteiger partial charge in [-0.25, -0.2) is 4.39 Å². The maximum Gasteiger partial charge on any atom is 0.307 e. The van der Waals surface area contributed by atoms with Gasteiger partial charge in [0, 0.05) is 12.5 Å². The number of halogens is 1. The molecule has 2 aromatic carbocycles. The van der Waals surface area contributed by atoms with Crippen LogP contribution >= 0.6 is 0 Å². The summed E-state index contributed by atoms with van der Waals surface area (Å²) in [7, 11) is 0. The highest BCUT2D eigenvalue weighted by atomic mass is 19.1. The van der Waals surface area contributed by atoms with Crippen molar-refractivity contribution >= 4 is 17.8 Å². The van der Waals surface area contributed by atoms with E-state index in [1.807, 2.05) is 30.3 Å². The van der Waals surface area contributed by atoms with Gasteiger partial charge in [-0.05, 0) is 42.2 Å². The zero-order valence-electron chi connectivity index (χ0n) is 16.2. The molecule has 0 radical (unpaired) electrons. The molecule has 0 aromatic heterocycles. The third-order valence-electron chi connectivity index (χ3n) is 4.24. The molecule has 2 rings (SSSR count). The second-order valence-electron chi connectivity index (χ2n) is 6.58. The zero-order chi connectivity index (χ0) is 21.2. The maximum atomic E-state index is 13.4. The van der Waals surface area contributed by atoms with Gasteiger partial charge >= 0.3 is 11.9 Å². The minimum absolute atomic E-state index is 0.0156. The molecule has 2 N–H and O–H groups in total. The van der Waals surface area contributed by atoms with Crippen LogP contribution in [-0.4, -0.2) is 35.6 Å². The van der Waals surface area contributed by atoms with Crippen LogP contribution in [0.4, 0.5) is 4.39 Å². The molecule has 1 unspecified atom stereocenters. The van der Waals surface area contributed by atoms with Gasteiger partial charge in [-0.15, -0.1) is 0 Å². The SMILES string of the molecule is CCOC(=O)CC(Cc1ccc(-c2cccc(F)c2)cc1)NC(=O)CCC(=O)O. The van der Waals surface area contributed by atoms with E-state index in [1.165, 1.54) is 12.1 Å². The van der Waals surface area contributed by atoms with Crippen molar-refractivity contribution in [2.75, 3.05) is 6.61 Å². The summed E-state index contributed by atoms with van der Waals surface area (Å²) >= 11 is 0.